The lowest BCUT2D eigenvalue weighted by Crippen LogP contribution is -2.41. The zero-order chi connectivity index (χ0) is 16.1. The third kappa shape index (κ3) is 2.06. The Morgan fingerprint density at radius 1 is 1.21 bits per heavy atom. The Bertz CT molecular complexity index is 941. The summed E-state index contributed by atoms with van der Waals surface area (Å²) in [7, 11) is 0. The van der Waals surface area contributed by atoms with E-state index >= 15 is 0 Å². The number of nitrogens with zero attached hydrogens (tertiary/aromatic N) is 3. The molecule has 4 heterocycles. The molecule has 6 nitrogen and oxygen atoms in total. The first kappa shape index (κ1) is 14.3. The summed E-state index contributed by atoms with van der Waals surface area (Å²) in [6.07, 6.45) is 7.04. The Kier molecular flexibility index (Phi) is 3.11. The predicted octanol–water partition coefficient (Wildman–Crippen LogP) is 3.79. The normalized spacial score (nSPS) is 18.8. The van der Waals surface area contributed by atoms with E-state index in [9.17, 15) is 4.79 Å². The van der Waals surface area contributed by atoms with Gasteiger partial charge in [0, 0.05) is 0 Å². The summed E-state index contributed by atoms with van der Waals surface area (Å²) in [5, 5.41) is 10.2. The molecule has 122 valence electrons. The second-order valence-corrected chi connectivity index (χ2v) is 8.17. The third-order valence-electron chi connectivity index (χ3n) is 4.83. The quantitative estimate of drug-likeness (QED) is 0.729. The highest BCUT2D eigenvalue weighted by Gasteiger charge is 2.46. The molecule has 1 aliphatic heterocycles. The molecule has 1 fully saturated rings. The number of nitrogens with one attached hydrogen (secondary N) is 2. The molecule has 24 heavy (non-hydrogen) atoms. The van der Waals surface area contributed by atoms with Crippen molar-refractivity contribution in [1.29, 1.82) is 0 Å². The number of amides is 1. The fourth-order valence-electron chi connectivity index (χ4n) is 3.69. The van der Waals surface area contributed by atoms with Gasteiger partial charge in [0.05, 0.1) is 16.6 Å². The van der Waals surface area contributed by atoms with Gasteiger partial charge in [-0.1, -0.05) is 30.6 Å². The van der Waals surface area contributed by atoms with Gasteiger partial charge in [-0.15, -0.1) is 11.3 Å². The maximum Gasteiger partial charge on any atom is 0.264 e. The highest BCUT2D eigenvalue weighted by atomic mass is 32.1. The molecule has 8 heteroatoms. The number of hydrogen-bond donors (Lipinski definition) is 2. The highest BCUT2D eigenvalue weighted by molar-refractivity contribution is 7.18. The Labute approximate surface area is 146 Å². The summed E-state index contributed by atoms with van der Waals surface area (Å²) >= 11 is 2.99. The van der Waals surface area contributed by atoms with Gasteiger partial charge in [0.15, 0.2) is 5.13 Å². The van der Waals surface area contributed by atoms with Crippen molar-refractivity contribution in [3.8, 4) is 0 Å². The molecule has 1 aliphatic carbocycles. The molecule has 2 aliphatic rings. The van der Waals surface area contributed by atoms with Crippen molar-refractivity contribution in [3.63, 3.8) is 0 Å². The molecular weight excluding hydrogens is 342 g/mol. The van der Waals surface area contributed by atoms with Crippen LogP contribution in [0, 0.1) is 0 Å². The number of fused-ring (bicyclic) bond motifs is 3. The average molecular weight is 357 g/mol. The molecule has 0 bridgehead atoms. The van der Waals surface area contributed by atoms with Gasteiger partial charge < -0.3 is 10.6 Å². The van der Waals surface area contributed by atoms with Crippen molar-refractivity contribution in [3.05, 3.63) is 28.3 Å². The molecule has 1 spiro atoms. The Balaban J connectivity index is 1.53. The Morgan fingerprint density at radius 2 is 2.08 bits per heavy atom. The molecular formula is C16H15N5OS2. The summed E-state index contributed by atoms with van der Waals surface area (Å²) in [5.74, 6) is 0.757. The topological polar surface area (TPSA) is 79.8 Å². The van der Waals surface area contributed by atoms with Crippen LogP contribution in [-0.4, -0.2) is 20.9 Å². The van der Waals surface area contributed by atoms with Crippen molar-refractivity contribution in [1.82, 2.24) is 20.3 Å². The molecule has 2 N–H and O–H groups in total. The number of thiazole rings is 1. The molecule has 1 saturated carbocycles. The van der Waals surface area contributed by atoms with Gasteiger partial charge in [0.2, 0.25) is 0 Å². The number of carbonyl (C=O) groups is 1. The van der Waals surface area contributed by atoms with Crippen LogP contribution in [0.1, 0.15) is 47.5 Å². The van der Waals surface area contributed by atoms with E-state index in [0.29, 0.717) is 0 Å². The standard InChI is InChI=1S/C16H15N5OS2/c22-13-10-11(16(21-13)5-2-1-3-6-16)19-15(24-10)20-12-9-4-7-23-14(9)18-8-17-12/h4,7-8H,1-3,5-6H2,(H,21,22)(H,17,18,19,20). The third-order valence-corrected chi connectivity index (χ3v) is 6.62. The minimum absolute atomic E-state index is 0.0146. The van der Waals surface area contributed by atoms with Crippen molar-refractivity contribution >= 4 is 49.7 Å². The van der Waals surface area contributed by atoms with E-state index in [1.54, 1.807) is 17.7 Å². The van der Waals surface area contributed by atoms with Gasteiger partial charge in [-0.05, 0) is 24.3 Å². The first-order chi connectivity index (χ1) is 11.8. The van der Waals surface area contributed by atoms with Crippen LogP contribution in [0.15, 0.2) is 17.8 Å². The fraction of sp³-hybridized carbons (Fsp3) is 0.375. The van der Waals surface area contributed by atoms with Gasteiger partial charge >= 0.3 is 0 Å². The lowest BCUT2D eigenvalue weighted by molar-refractivity contribution is 0.0910. The van der Waals surface area contributed by atoms with Crippen LogP contribution in [0.3, 0.4) is 0 Å². The van der Waals surface area contributed by atoms with E-state index in [0.717, 1.165) is 57.4 Å². The monoisotopic (exact) mass is 357 g/mol. The van der Waals surface area contributed by atoms with Gasteiger partial charge in [-0.3, -0.25) is 4.79 Å². The van der Waals surface area contributed by atoms with E-state index in [1.165, 1.54) is 17.8 Å². The van der Waals surface area contributed by atoms with E-state index in [1.807, 2.05) is 11.4 Å². The van der Waals surface area contributed by atoms with E-state index in [-0.39, 0.29) is 11.4 Å². The largest absolute Gasteiger partial charge is 0.340 e. The summed E-state index contributed by atoms with van der Waals surface area (Å²) in [4.78, 5) is 27.4. The van der Waals surface area contributed by atoms with Gasteiger partial charge in [-0.2, -0.15) is 0 Å². The summed E-state index contributed by atoms with van der Waals surface area (Å²) in [6, 6.07) is 2.00. The lowest BCUT2D eigenvalue weighted by Gasteiger charge is -2.32. The van der Waals surface area contributed by atoms with Crippen LogP contribution in [0.5, 0.6) is 0 Å². The molecule has 1 amide bonds. The number of anilines is 2. The van der Waals surface area contributed by atoms with Crippen molar-refractivity contribution in [2.45, 2.75) is 37.6 Å². The Hall–Kier alpha value is -2.06. The van der Waals surface area contributed by atoms with Crippen molar-refractivity contribution < 1.29 is 4.79 Å². The van der Waals surface area contributed by atoms with Gasteiger partial charge in [0.1, 0.15) is 21.9 Å². The van der Waals surface area contributed by atoms with Gasteiger partial charge in [-0.25, -0.2) is 15.0 Å². The van der Waals surface area contributed by atoms with Crippen molar-refractivity contribution in [2.24, 2.45) is 0 Å². The van der Waals surface area contributed by atoms with Crippen LogP contribution in [-0.2, 0) is 5.54 Å². The first-order valence-corrected chi connectivity index (χ1v) is 9.74. The molecule has 0 unspecified atom stereocenters. The van der Waals surface area contributed by atoms with E-state index in [4.69, 9.17) is 4.98 Å². The van der Waals surface area contributed by atoms with E-state index in [2.05, 4.69) is 20.6 Å². The van der Waals surface area contributed by atoms with Gasteiger partial charge in [0.25, 0.3) is 5.91 Å². The number of hydrogen-bond acceptors (Lipinski definition) is 7. The van der Waals surface area contributed by atoms with Crippen LogP contribution >= 0.6 is 22.7 Å². The molecule has 0 saturated heterocycles. The molecule has 0 atom stereocenters. The van der Waals surface area contributed by atoms with Crippen LogP contribution < -0.4 is 10.6 Å². The number of rotatable bonds is 2. The minimum Gasteiger partial charge on any atom is -0.340 e. The summed E-state index contributed by atoms with van der Waals surface area (Å²) in [5.41, 5.74) is 0.681. The maximum absolute atomic E-state index is 12.4. The predicted molar refractivity (Wildman–Crippen MR) is 95.0 cm³/mol. The highest BCUT2D eigenvalue weighted by Crippen LogP contribution is 2.45. The summed E-state index contributed by atoms with van der Waals surface area (Å²) < 4.78 is 0. The number of carbonyl (C=O) groups excluding carboxylic acids is 1. The minimum atomic E-state index is -0.246. The molecule has 3 aromatic heterocycles. The first-order valence-electron chi connectivity index (χ1n) is 8.04. The maximum atomic E-state index is 12.4. The number of thiophene rings is 1. The zero-order valence-corrected chi connectivity index (χ0v) is 14.5. The van der Waals surface area contributed by atoms with Crippen LogP contribution in [0.4, 0.5) is 10.9 Å². The molecule has 0 aromatic carbocycles. The Morgan fingerprint density at radius 3 is 2.96 bits per heavy atom. The lowest BCUT2D eigenvalue weighted by atomic mass is 9.81. The van der Waals surface area contributed by atoms with E-state index < -0.39 is 0 Å². The number of aromatic nitrogens is 3. The van der Waals surface area contributed by atoms with Crippen LogP contribution in [0.25, 0.3) is 10.2 Å². The molecule has 0 radical (unpaired) electrons. The zero-order valence-electron chi connectivity index (χ0n) is 12.8. The smallest absolute Gasteiger partial charge is 0.264 e. The van der Waals surface area contributed by atoms with Crippen LogP contribution in [0.2, 0.25) is 0 Å². The molecule has 5 rings (SSSR count). The SMILES string of the molecule is O=C1NC2(CCCCC2)c2nc(Nc3ncnc4sccc34)sc21. The summed E-state index contributed by atoms with van der Waals surface area (Å²) in [6.45, 7) is 0. The molecule has 3 aromatic rings. The van der Waals surface area contributed by atoms with Crippen molar-refractivity contribution in [2.75, 3.05) is 5.32 Å². The average Bonchev–Trinajstić information content (AvgIpc) is 3.27. The second kappa shape index (κ2) is 5.22. The second-order valence-electron chi connectivity index (χ2n) is 6.28. The fourth-order valence-corrected chi connectivity index (χ4v) is 5.39.